The van der Waals surface area contributed by atoms with Crippen LogP contribution in [-0.4, -0.2) is 36.2 Å². The number of rotatable bonds is 3. The average Bonchev–Trinajstić information content (AvgIpc) is 3.03. The number of nitrogens with zero attached hydrogens (tertiary/aromatic N) is 1. The van der Waals surface area contributed by atoms with Crippen molar-refractivity contribution in [1.82, 2.24) is 10.2 Å². The van der Waals surface area contributed by atoms with Crippen LogP contribution in [0, 0.1) is 0 Å². The van der Waals surface area contributed by atoms with Crippen molar-refractivity contribution < 1.29 is 9.63 Å². The lowest BCUT2D eigenvalue weighted by Gasteiger charge is -2.35. The van der Waals surface area contributed by atoms with Gasteiger partial charge in [0.05, 0.1) is 12.6 Å². The molecule has 2 fully saturated rings. The van der Waals surface area contributed by atoms with Crippen LogP contribution in [0.2, 0.25) is 0 Å². The van der Waals surface area contributed by atoms with Crippen molar-refractivity contribution in [2.24, 2.45) is 5.90 Å². The number of hydrogen-bond acceptors (Lipinski definition) is 3. The first kappa shape index (κ1) is 10.7. The van der Waals surface area contributed by atoms with Crippen molar-refractivity contribution in [1.29, 1.82) is 0 Å². The highest BCUT2D eigenvalue weighted by Crippen LogP contribution is 2.21. The Kier molecular flexibility index (Phi) is 3.43. The molecule has 2 aliphatic rings. The first-order valence-electron chi connectivity index (χ1n) is 5.70. The van der Waals surface area contributed by atoms with E-state index in [9.17, 15) is 4.79 Å². The number of likely N-dealkylation sites (tertiary alicyclic amines) is 1. The summed E-state index contributed by atoms with van der Waals surface area (Å²) in [5, 5.41) is 3.00. The van der Waals surface area contributed by atoms with E-state index in [2.05, 4.69) is 10.2 Å². The predicted molar refractivity (Wildman–Crippen MR) is 56.0 cm³/mol. The minimum Gasteiger partial charge on any atom is -0.335 e. The standard InChI is InChI=1S/C10H19N3O2/c11-15-7-9-3-1-2-6-13(9)10(14)12-8-4-5-8/h8-9H,1-7,11H2,(H,12,14). The highest BCUT2D eigenvalue weighted by atomic mass is 16.6. The van der Waals surface area contributed by atoms with Gasteiger partial charge in [-0.3, -0.25) is 0 Å². The number of nitrogens with two attached hydrogens (primary N) is 1. The highest BCUT2D eigenvalue weighted by Gasteiger charge is 2.30. The van der Waals surface area contributed by atoms with E-state index in [1.807, 2.05) is 4.90 Å². The lowest BCUT2D eigenvalue weighted by Crippen LogP contribution is -2.51. The van der Waals surface area contributed by atoms with Crippen molar-refractivity contribution in [2.45, 2.75) is 44.2 Å². The van der Waals surface area contributed by atoms with E-state index >= 15 is 0 Å². The van der Waals surface area contributed by atoms with E-state index in [1.54, 1.807) is 0 Å². The summed E-state index contributed by atoms with van der Waals surface area (Å²) in [4.78, 5) is 18.4. The van der Waals surface area contributed by atoms with E-state index in [0.717, 1.165) is 38.6 Å². The van der Waals surface area contributed by atoms with E-state index < -0.39 is 0 Å². The number of urea groups is 1. The van der Waals surface area contributed by atoms with Crippen LogP contribution in [0.15, 0.2) is 0 Å². The second-order valence-electron chi connectivity index (χ2n) is 4.40. The van der Waals surface area contributed by atoms with Gasteiger partial charge >= 0.3 is 6.03 Å². The van der Waals surface area contributed by atoms with Crippen molar-refractivity contribution >= 4 is 6.03 Å². The molecule has 2 rings (SSSR count). The largest absolute Gasteiger partial charge is 0.335 e. The summed E-state index contributed by atoms with van der Waals surface area (Å²) in [6, 6.07) is 0.626. The van der Waals surface area contributed by atoms with Crippen LogP contribution in [-0.2, 0) is 4.84 Å². The molecule has 0 radical (unpaired) electrons. The molecular weight excluding hydrogens is 194 g/mol. The van der Waals surface area contributed by atoms with E-state index in [0.29, 0.717) is 12.6 Å². The molecule has 1 unspecified atom stereocenters. The van der Waals surface area contributed by atoms with E-state index in [1.165, 1.54) is 0 Å². The van der Waals surface area contributed by atoms with Gasteiger partial charge in [-0.15, -0.1) is 0 Å². The summed E-state index contributed by atoms with van der Waals surface area (Å²) in [5.74, 6) is 5.08. The van der Waals surface area contributed by atoms with Gasteiger partial charge in [0.2, 0.25) is 0 Å². The lowest BCUT2D eigenvalue weighted by atomic mass is 10.0. The molecule has 1 aliphatic carbocycles. The third-order valence-corrected chi connectivity index (χ3v) is 3.08. The minimum absolute atomic E-state index is 0.0549. The molecule has 86 valence electrons. The van der Waals surface area contributed by atoms with Gasteiger partial charge in [0.15, 0.2) is 0 Å². The average molecular weight is 213 g/mol. The maximum Gasteiger partial charge on any atom is 0.317 e. The Bertz CT molecular complexity index is 229. The Morgan fingerprint density at radius 1 is 1.40 bits per heavy atom. The van der Waals surface area contributed by atoms with Crippen LogP contribution < -0.4 is 11.2 Å². The molecule has 0 aromatic heterocycles. The summed E-state index contributed by atoms with van der Waals surface area (Å²) in [6.45, 7) is 1.27. The van der Waals surface area contributed by atoms with Gasteiger partial charge in [0, 0.05) is 12.6 Å². The maximum atomic E-state index is 11.9. The molecule has 5 heteroatoms. The van der Waals surface area contributed by atoms with Gasteiger partial charge in [0.25, 0.3) is 0 Å². The third-order valence-electron chi connectivity index (χ3n) is 3.08. The Morgan fingerprint density at radius 3 is 2.87 bits per heavy atom. The summed E-state index contributed by atoms with van der Waals surface area (Å²) < 4.78 is 0. The first-order valence-corrected chi connectivity index (χ1v) is 5.70. The SMILES string of the molecule is NOCC1CCCCN1C(=O)NC1CC1. The van der Waals surface area contributed by atoms with Gasteiger partial charge in [0.1, 0.15) is 0 Å². The smallest absolute Gasteiger partial charge is 0.317 e. The maximum absolute atomic E-state index is 11.9. The Balaban J connectivity index is 1.87. The zero-order valence-electron chi connectivity index (χ0n) is 8.95. The van der Waals surface area contributed by atoms with Crippen LogP contribution >= 0.6 is 0 Å². The number of hydrogen-bond donors (Lipinski definition) is 2. The second kappa shape index (κ2) is 4.81. The molecular formula is C10H19N3O2. The first-order chi connectivity index (χ1) is 7.31. The molecule has 1 atom stereocenters. The Morgan fingerprint density at radius 2 is 2.20 bits per heavy atom. The normalized spacial score (nSPS) is 26.5. The monoisotopic (exact) mass is 213 g/mol. The lowest BCUT2D eigenvalue weighted by molar-refractivity contribution is 0.0559. The quantitative estimate of drug-likeness (QED) is 0.675. The van der Waals surface area contributed by atoms with Gasteiger partial charge in [-0.25, -0.2) is 10.7 Å². The molecule has 3 N–H and O–H groups in total. The summed E-state index contributed by atoms with van der Waals surface area (Å²) in [6.07, 6.45) is 5.48. The molecule has 5 nitrogen and oxygen atoms in total. The van der Waals surface area contributed by atoms with Crippen LogP contribution in [0.4, 0.5) is 4.79 Å². The molecule has 0 spiro atoms. The summed E-state index contributed by atoms with van der Waals surface area (Å²) >= 11 is 0. The molecule has 1 aliphatic heterocycles. The molecule has 0 aromatic rings. The van der Waals surface area contributed by atoms with Crippen LogP contribution in [0.25, 0.3) is 0 Å². The number of carbonyl (C=O) groups excluding carboxylic acids is 1. The minimum atomic E-state index is 0.0549. The topological polar surface area (TPSA) is 67.6 Å². The van der Waals surface area contributed by atoms with Gasteiger partial charge in [-0.05, 0) is 32.1 Å². The zero-order valence-corrected chi connectivity index (χ0v) is 8.95. The molecule has 1 heterocycles. The van der Waals surface area contributed by atoms with E-state index in [-0.39, 0.29) is 12.1 Å². The molecule has 1 saturated carbocycles. The molecule has 1 saturated heterocycles. The van der Waals surface area contributed by atoms with Crippen LogP contribution in [0.3, 0.4) is 0 Å². The Hall–Kier alpha value is -0.810. The predicted octanol–water partition coefficient (Wildman–Crippen LogP) is 0.603. The van der Waals surface area contributed by atoms with Crippen molar-refractivity contribution in [3.05, 3.63) is 0 Å². The fourth-order valence-corrected chi connectivity index (χ4v) is 2.04. The molecule has 15 heavy (non-hydrogen) atoms. The summed E-state index contributed by atoms with van der Waals surface area (Å²) in [7, 11) is 0. The van der Waals surface area contributed by atoms with Crippen molar-refractivity contribution in [3.63, 3.8) is 0 Å². The van der Waals surface area contributed by atoms with Crippen molar-refractivity contribution in [2.75, 3.05) is 13.2 Å². The van der Waals surface area contributed by atoms with Gasteiger partial charge in [-0.1, -0.05) is 0 Å². The van der Waals surface area contributed by atoms with Gasteiger partial charge < -0.3 is 15.1 Å². The number of piperidine rings is 1. The third kappa shape index (κ3) is 2.82. The van der Waals surface area contributed by atoms with Crippen LogP contribution in [0.1, 0.15) is 32.1 Å². The second-order valence-corrected chi connectivity index (χ2v) is 4.40. The fraction of sp³-hybridized carbons (Fsp3) is 0.900. The highest BCUT2D eigenvalue weighted by molar-refractivity contribution is 5.75. The fourth-order valence-electron chi connectivity index (χ4n) is 2.04. The number of amides is 2. The zero-order chi connectivity index (χ0) is 10.7. The number of nitrogens with one attached hydrogen (secondary N) is 1. The van der Waals surface area contributed by atoms with Gasteiger partial charge in [-0.2, -0.15) is 0 Å². The number of carbonyl (C=O) groups is 1. The Labute approximate surface area is 89.9 Å². The summed E-state index contributed by atoms with van der Waals surface area (Å²) in [5.41, 5.74) is 0. The van der Waals surface area contributed by atoms with Crippen LogP contribution in [0.5, 0.6) is 0 Å². The molecule has 0 bridgehead atoms. The van der Waals surface area contributed by atoms with Crippen molar-refractivity contribution in [3.8, 4) is 0 Å². The molecule has 0 aromatic carbocycles. The van der Waals surface area contributed by atoms with E-state index in [4.69, 9.17) is 5.90 Å². The molecule has 2 amide bonds.